The lowest BCUT2D eigenvalue weighted by atomic mass is 9.32. The van der Waals surface area contributed by atoms with Gasteiger partial charge >= 0.3 is 11.9 Å². The molecule has 0 bridgehead atoms. The number of carboxylic acid groups (broad SMARTS) is 1. The minimum Gasteiger partial charge on any atom is -0.481 e. The molecule has 1 unspecified atom stereocenters. The van der Waals surface area contributed by atoms with Gasteiger partial charge in [0.15, 0.2) is 0 Å². The third-order valence-electron chi connectivity index (χ3n) is 15.7. The third kappa shape index (κ3) is 5.03. The molecule has 0 radical (unpaired) electrons. The van der Waals surface area contributed by atoms with E-state index >= 15 is 0 Å². The monoisotopic (exact) mass is 611 g/mol. The van der Waals surface area contributed by atoms with Crippen molar-refractivity contribution in [1.82, 2.24) is 4.90 Å². The standard InChI is InChI=1S/C39H65NO4/c1-25(2)26-14-19-39(22-23-40(10)11)21-20-37(8)27(32(26)39)12-13-29-36(7)17-16-30(44-31(41)24-34(3,4)33(42)43)35(5,6)28(36)15-18-38(29,37)9/h26-30,32H,1,12-24H2,2-11H3,(H,42,43)/t26-,27+,28-,29+,30-,32+,36-,37+,38+,39?/m0/s1. The second kappa shape index (κ2) is 11.1. The van der Waals surface area contributed by atoms with Crippen molar-refractivity contribution < 1.29 is 19.4 Å². The number of fused-ring (bicyclic) bond motifs is 7. The van der Waals surface area contributed by atoms with Crippen molar-refractivity contribution in [3.8, 4) is 0 Å². The molecule has 0 aromatic carbocycles. The molecule has 5 heteroatoms. The lowest BCUT2D eigenvalue weighted by molar-refractivity contribution is -0.250. The molecule has 0 heterocycles. The van der Waals surface area contributed by atoms with Crippen LogP contribution in [-0.2, 0) is 14.3 Å². The Morgan fingerprint density at radius 3 is 2.18 bits per heavy atom. The van der Waals surface area contributed by atoms with Gasteiger partial charge in [0.05, 0.1) is 11.8 Å². The quantitative estimate of drug-likeness (QED) is 0.219. The number of rotatable bonds is 8. The second-order valence-corrected chi connectivity index (χ2v) is 18.8. The molecule has 5 aliphatic carbocycles. The molecule has 250 valence electrons. The molecular formula is C39H65NO4. The Labute approximate surface area is 269 Å². The molecule has 5 fully saturated rings. The van der Waals surface area contributed by atoms with Gasteiger partial charge in [-0.15, -0.1) is 0 Å². The van der Waals surface area contributed by atoms with Gasteiger partial charge in [-0.25, -0.2) is 0 Å². The maximum Gasteiger partial charge on any atom is 0.309 e. The van der Waals surface area contributed by atoms with Crippen molar-refractivity contribution in [3.63, 3.8) is 0 Å². The summed E-state index contributed by atoms with van der Waals surface area (Å²) in [6.07, 6.45) is 13.6. The van der Waals surface area contributed by atoms with Crippen LogP contribution < -0.4 is 0 Å². The van der Waals surface area contributed by atoms with E-state index in [1.54, 1.807) is 13.8 Å². The van der Waals surface area contributed by atoms with E-state index in [1.165, 1.54) is 69.9 Å². The summed E-state index contributed by atoms with van der Waals surface area (Å²) >= 11 is 0. The van der Waals surface area contributed by atoms with Crippen molar-refractivity contribution >= 4 is 11.9 Å². The second-order valence-electron chi connectivity index (χ2n) is 18.8. The number of aliphatic carboxylic acids is 1. The largest absolute Gasteiger partial charge is 0.481 e. The molecule has 5 nitrogen and oxygen atoms in total. The summed E-state index contributed by atoms with van der Waals surface area (Å²) in [5, 5.41) is 9.56. The van der Waals surface area contributed by atoms with E-state index in [1.807, 2.05) is 0 Å². The zero-order valence-electron chi connectivity index (χ0n) is 30.0. The fraction of sp³-hybridized carbons (Fsp3) is 0.897. The highest BCUT2D eigenvalue weighted by Crippen LogP contribution is 2.78. The Morgan fingerprint density at radius 2 is 1.57 bits per heavy atom. The molecule has 0 amide bonds. The lowest BCUT2D eigenvalue weighted by Gasteiger charge is -2.73. The molecule has 0 saturated heterocycles. The van der Waals surface area contributed by atoms with Crippen LogP contribution in [0.25, 0.3) is 0 Å². The van der Waals surface area contributed by atoms with Crippen LogP contribution >= 0.6 is 0 Å². The van der Waals surface area contributed by atoms with E-state index in [2.05, 4.69) is 67.1 Å². The SMILES string of the molecule is C=C(C)[C@@H]1CCC2(CCN(C)C)CC[C@]3(C)[C@H](CC[C@@H]4[C@@]5(C)CC[C@H](OC(=O)CC(C)(C)C(=O)O)C(C)(C)[C@@H]5CC[C@]43C)[C@@H]12. The van der Waals surface area contributed by atoms with Crippen molar-refractivity contribution in [2.75, 3.05) is 20.6 Å². The van der Waals surface area contributed by atoms with E-state index in [0.717, 1.165) is 24.7 Å². The molecule has 5 rings (SSSR count). The molecule has 5 aliphatic rings. The first-order valence-electron chi connectivity index (χ1n) is 18.0. The number of carbonyl (C=O) groups is 2. The van der Waals surface area contributed by atoms with E-state index in [0.29, 0.717) is 34.0 Å². The molecule has 1 N–H and O–H groups in total. The third-order valence-corrected chi connectivity index (χ3v) is 15.7. The summed E-state index contributed by atoms with van der Waals surface area (Å²) in [5.41, 5.74) is 1.51. The Kier molecular flexibility index (Phi) is 8.59. The van der Waals surface area contributed by atoms with Crippen LogP contribution in [-0.4, -0.2) is 48.7 Å². The zero-order valence-corrected chi connectivity index (χ0v) is 30.0. The Morgan fingerprint density at radius 1 is 0.886 bits per heavy atom. The van der Waals surface area contributed by atoms with Crippen LogP contribution in [0.1, 0.15) is 132 Å². The van der Waals surface area contributed by atoms with Crippen LogP contribution in [0.4, 0.5) is 0 Å². The van der Waals surface area contributed by atoms with Crippen molar-refractivity contribution in [1.29, 1.82) is 0 Å². The molecule has 0 spiro atoms. The normalized spacial score (nSPS) is 44.6. The first-order valence-corrected chi connectivity index (χ1v) is 18.0. The van der Waals surface area contributed by atoms with E-state index < -0.39 is 11.4 Å². The van der Waals surface area contributed by atoms with Crippen LogP contribution in [0.3, 0.4) is 0 Å². The number of allylic oxidation sites excluding steroid dienone is 1. The maximum absolute atomic E-state index is 13.0. The molecule has 44 heavy (non-hydrogen) atoms. The lowest BCUT2D eigenvalue weighted by Crippen LogP contribution is -2.66. The predicted octanol–water partition coefficient (Wildman–Crippen LogP) is 9.01. The Hall–Kier alpha value is -1.36. The Balaban J connectivity index is 1.41. The smallest absolute Gasteiger partial charge is 0.309 e. The summed E-state index contributed by atoms with van der Waals surface area (Å²) in [5.74, 6) is 2.06. The summed E-state index contributed by atoms with van der Waals surface area (Å²) in [6.45, 7) is 24.0. The molecule has 0 aromatic rings. The van der Waals surface area contributed by atoms with Gasteiger partial charge in [0.1, 0.15) is 6.10 Å². The number of hydrogen-bond acceptors (Lipinski definition) is 4. The molecule has 5 saturated carbocycles. The number of ether oxygens (including phenoxy) is 1. The Bertz CT molecular complexity index is 1160. The minimum absolute atomic E-state index is 0.0837. The van der Waals surface area contributed by atoms with Crippen molar-refractivity contribution in [2.24, 2.45) is 62.1 Å². The van der Waals surface area contributed by atoms with Crippen molar-refractivity contribution in [2.45, 2.75) is 139 Å². The molecule has 0 aromatic heterocycles. The van der Waals surface area contributed by atoms with Gasteiger partial charge < -0.3 is 14.7 Å². The first-order chi connectivity index (χ1) is 20.2. The maximum atomic E-state index is 13.0. The number of esters is 1. The zero-order chi connectivity index (χ0) is 32.7. The average molecular weight is 612 g/mol. The highest BCUT2D eigenvalue weighted by Gasteiger charge is 2.71. The molecule has 0 aliphatic heterocycles. The van der Waals surface area contributed by atoms with E-state index in [-0.39, 0.29) is 29.3 Å². The summed E-state index contributed by atoms with van der Waals surface area (Å²) in [7, 11) is 4.48. The number of hydrogen-bond donors (Lipinski definition) is 1. The highest BCUT2D eigenvalue weighted by atomic mass is 16.5. The van der Waals surface area contributed by atoms with Crippen LogP contribution in [0, 0.1) is 62.1 Å². The van der Waals surface area contributed by atoms with E-state index in [9.17, 15) is 14.7 Å². The number of carbonyl (C=O) groups excluding carboxylic acids is 1. The van der Waals surface area contributed by atoms with Gasteiger partial charge in [-0.3, -0.25) is 9.59 Å². The summed E-state index contributed by atoms with van der Waals surface area (Å²) in [6, 6.07) is 0. The molecule has 10 atom stereocenters. The van der Waals surface area contributed by atoms with Gasteiger partial charge in [0, 0.05) is 5.41 Å². The number of carboxylic acids is 1. The fourth-order valence-corrected chi connectivity index (χ4v) is 13.0. The highest BCUT2D eigenvalue weighted by molar-refractivity contribution is 5.81. The summed E-state index contributed by atoms with van der Waals surface area (Å²) in [4.78, 5) is 27.1. The van der Waals surface area contributed by atoms with Crippen LogP contribution in [0.15, 0.2) is 12.2 Å². The van der Waals surface area contributed by atoms with Gasteiger partial charge in [0.2, 0.25) is 0 Å². The minimum atomic E-state index is -1.11. The first kappa shape index (κ1) is 34.0. The van der Waals surface area contributed by atoms with Gasteiger partial charge in [-0.1, -0.05) is 46.8 Å². The van der Waals surface area contributed by atoms with Gasteiger partial charge in [0.25, 0.3) is 0 Å². The fourth-order valence-electron chi connectivity index (χ4n) is 13.0. The van der Waals surface area contributed by atoms with E-state index in [4.69, 9.17) is 4.74 Å². The average Bonchev–Trinajstić information content (AvgIpc) is 3.29. The topological polar surface area (TPSA) is 66.8 Å². The van der Waals surface area contributed by atoms with Crippen molar-refractivity contribution in [3.05, 3.63) is 12.2 Å². The van der Waals surface area contributed by atoms with Gasteiger partial charge in [-0.05, 0) is 163 Å². The van der Waals surface area contributed by atoms with Gasteiger partial charge in [-0.2, -0.15) is 0 Å². The van der Waals surface area contributed by atoms with Crippen LogP contribution in [0.2, 0.25) is 0 Å². The predicted molar refractivity (Wildman–Crippen MR) is 178 cm³/mol. The summed E-state index contributed by atoms with van der Waals surface area (Å²) < 4.78 is 6.17. The molecular weight excluding hydrogens is 546 g/mol. The van der Waals surface area contributed by atoms with Crippen LogP contribution in [0.5, 0.6) is 0 Å². The number of nitrogens with zero attached hydrogens (tertiary/aromatic N) is 1.